The number of alkyl halides is 1. The summed E-state index contributed by atoms with van der Waals surface area (Å²) in [6.45, 7) is 2.09. The van der Waals surface area contributed by atoms with Crippen LogP contribution in [0, 0.1) is 18.3 Å². The van der Waals surface area contributed by atoms with E-state index in [9.17, 15) is 4.79 Å². The van der Waals surface area contributed by atoms with Crippen molar-refractivity contribution in [2.45, 2.75) is 18.8 Å². The molecule has 0 bridgehead atoms. The van der Waals surface area contributed by atoms with Gasteiger partial charge in [-0.1, -0.05) is 11.3 Å². The van der Waals surface area contributed by atoms with Gasteiger partial charge in [-0.25, -0.2) is 0 Å². The number of hydrogen-bond donors (Lipinski definition) is 0. The summed E-state index contributed by atoms with van der Waals surface area (Å²) in [6, 6.07) is 1.87. The summed E-state index contributed by atoms with van der Waals surface area (Å²) >= 11 is 6.71. The van der Waals surface area contributed by atoms with E-state index in [4.69, 9.17) is 16.9 Å². The summed E-state index contributed by atoms with van der Waals surface area (Å²) in [5.41, 5.74) is 0.853. The third-order valence-corrected chi connectivity index (χ3v) is 2.58. The summed E-state index contributed by atoms with van der Waals surface area (Å²) in [5.74, 6) is 0. The van der Waals surface area contributed by atoms with Crippen LogP contribution >= 0.6 is 22.9 Å². The summed E-state index contributed by atoms with van der Waals surface area (Å²) in [5, 5.41) is 9.55. The lowest BCUT2D eigenvalue weighted by atomic mass is 10.4. The fourth-order valence-corrected chi connectivity index (χ4v) is 1.71. The molecule has 5 heteroatoms. The topological polar surface area (TPSA) is 45.8 Å². The predicted molar refractivity (Wildman–Crippen MR) is 48.6 cm³/mol. The Morgan fingerprint density at radius 3 is 3.00 bits per heavy atom. The maximum Gasteiger partial charge on any atom is 0.307 e. The van der Waals surface area contributed by atoms with Crippen molar-refractivity contribution >= 4 is 22.9 Å². The number of nitriles is 1. The summed E-state index contributed by atoms with van der Waals surface area (Å²) in [4.78, 5) is 11.0. The SMILES string of the molecule is Cc1csc(=O)n1CC(Cl)C#N. The van der Waals surface area contributed by atoms with Crippen molar-refractivity contribution < 1.29 is 0 Å². The molecule has 0 saturated heterocycles. The van der Waals surface area contributed by atoms with E-state index in [1.165, 1.54) is 4.57 Å². The predicted octanol–water partition coefficient (Wildman–Crippen LogP) is 1.35. The summed E-state index contributed by atoms with van der Waals surface area (Å²) in [6.07, 6.45) is 0. The van der Waals surface area contributed by atoms with Crippen LogP contribution in [0.25, 0.3) is 0 Å². The number of thiazole rings is 1. The van der Waals surface area contributed by atoms with Crippen LogP contribution in [-0.2, 0) is 6.54 Å². The Kier molecular flexibility index (Phi) is 2.90. The number of rotatable bonds is 2. The average molecular weight is 203 g/mol. The van der Waals surface area contributed by atoms with Crippen LogP contribution in [-0.4, -0.2) is 9.94 Å². The number of nitrogens with zero attached hydrogens (tertiary/aromatic N) is 2. The Bertz CT molecular complexity index is 362. The minimum Gasteiger partial charge on any atom is -0.301 e. The first-order valence-electron chi connectivity index (χ1n) is 3.33. The molecule has 0 aliphatic rings. The summed E-state index contributed by atoms with van der Waals surface area (Å²) < 4.78 is 1.51. The van der Waals surface area contributed by atoms with E-state index in [1.807, 2.05) is 13.0 Å². The molecule has 0 N–H and O–H groups in total. The molecule has 0 saturated carbocycles. The zero-order chi connectivity index (χ0) is 9.14. The van der Waals surface area contributed by atoms with Crippen LogP contribution in [0.4, 0.5) is 0 Å². The molecule has 0 radical (unpaired) electrons. The lowest BCUT2D eigenvalue weighted by Gasteiger charge is -2.02. The van der Waals surface area contributed by atoms with Gasteiger partial charge >= 0.3 is 4.87 Å². The first kappa shape index (κ1) is 9.30. The Morgan fingerprint density at radius 1 is 1.92 bits per heavy atom. The monoisotopic (exact) mass is 202 g/mol. The number of aromatic nitrogens is 1. The quantitative estimate of drug-likeness (QED) is 0.680. The van der Waals surface area contributed by atoms with Gasteiger partial charge in [-0.15, -0.1) is 11.6 Å². The second kappa shape index (κ2) is 3.74. The Hall–Kier alpha value is -0.790. The molecule has 0 aliphatic heterocycles. The molecular formula is C7H7ClN2OS. The molecule has 1 aromatic rings. The van der Waals surface area contributed by atoms with Crippen molar-refractivity contribution in [3.05, 3.63) is 20.7 Å². The minimum atomic E-state index is -0.629. The zero-order valence-corrected chi connectivity index (χ0v) is 8.02. The molecular weight excluding hydrogens is 196 g/mol. The number of aryl methyl sites for hydroxylation is 1. The Balaban J connectivity index is 2.90. The van der Waals surface area contributed by atoms with Crippen LogP contribution in [0.2, 0.25) is 0 Å². The van der Waals surface area contributed by atoms with Crippen molar-refractivity contribution in [1.29, 1.82) is 5.26 Å². The van der Waals surface area contributed by atoms with Crippen molar-refractivity contribution in [2.24, 2.45) is 0 Å². The van der Waals surface area contributed by atoms with Gasteiger partial charge in [0.25, 0.3) is 0 Å². The van der Waals surface area contributed by atoms with Gasteiger partial charge in [-0.3, -0.25) is 4.79 Å². The highest BCUT2D eigenvalue weighted by Gasteiger charge is 2.07. The van der Waals surface area contributed by atoms with Gasteiger partial charge in [0.1, 0.15) is 5.38 Å². The molecule has 3 nitrogen and oxygen atoms in total. The van der Waals surface area contributed by atoms with Crippen molar-refractivity contribution in [3.63, 3.8) is 0 Å². The Morgan fingerprint density at radius 2 is 2.58 bits per heavy atom. The fraction of sp³-hybridized carbons (Fsp3) is 0.429. The van der Waals surface area contributed by atoms with E-state index in [2.05, 4.69) is 0 Å². The normalized spacial score (nSPS) is 12.4. The van der Waals surface area contributed by atoms with E-state index in [0.717, 1.165) is 17.0 Å². The molecule has 0 spiro atoms. The van der Waals surface area contributed by atoms with Crippen LogP contribution < -0.4 is 4.87 Å². The molecule has 12 heavy (non-hydrogen) atoms. The molecule has 0 aliphatic carbocycles. The lowest BCUT2D eigenvalue weighted by molar-refractivity contribution is 0.687. The maximum atomic E-state index is 11.1. The molecule has 1 heterocycles. The number of hydrogen-bond acceptors (Lipinski definition) is 3. The third-order valence-electron chi connectivity index (χ3n) is 1.46. The van der Waals surface area contributed by atoms with Gasteiger partial charge in [-0.2, -0.15) is 5.26 Å². The number of halogens is 1. The maximum absolute atomic E-state index is 11.1. The minimum absolute atomic E-state index is 0.0617. The van der Waals surface area contributed by atoms with Gasteiger partial charge in [0.05, 0.1) is 12.6 Å². The van der Waals surface area contributed by atoms with E-state index in [1.54, 1.807) is 5.38 Å². The third kappa shape index (κ3) is 1.87. The lowest BCUT2D eigenvalue weighted by Crippen LogP contribution is -2.19. The molecule has 0 fully saturated rings. The highest BCUT2D eigenvalue weighted by atomic mass is 35.5. The van der Waals surface area contributed by atoms with Gasteiger partial charge in [-0.05, 0) is 6.92 Å². The standard InChI is InChI=1S/C7H7ClN2OS/c1-5-4-12-7(11)10(5)3-6(8)2-9/h4,6H,3H2,1H3. The highest BCUT2D eigenvalue weighted by molar-refractivity contribution is 7.07. The van der Waals surface area contributed by atoms with Crippen molar-refractivity contribution in [1.82, 2.24) is 4.57 Å². The summed E-state index contributed by atoms with van der Waals surface area (Å²) in [7, 11) is 0. The van der Waals surface area contributed by atoms with Crippen LogP contribution in [0.15, 0.2) is 10.2 Å². The second-order valence-electron chi connectivity index (χ2n) is 2.35. The highest BCUT2D eigenvalue weighted by Crippen LogP contribution is 2.03. The Labute approximate surface area is 78.8 Å². The van der Waals surface area contributed by atoms with Crippen molar-refractivity contribution in [3.8, 4) is 6.07 Å². The van der Waals surface area contributed by atoms with E-state index < -0.39 is 5.38 Å². The molecule has 1 aromatic heterocycles. The van der Waals surface area contributed by atoms with Crippen molar-refractivity contribution in [2.75, 3.05) is 0 Å². The van der Waals surface area contributed by atoms with Crippen LogP contribution in [0.5, 0.6) is 0 Å². The first-order chi connectivity index (χ1) is 5.65. The van der Waals surface area contributed by atoms with E-state index in [-0.39, 0.29) is 11.4 Å². The van der Waals surface area contributed by atoms with E-state index >= 15 is 0 Å². The van der Waals surface area contributed by atoms with Gasteiger partial charge < -0.3 is 4.57 Å². The molecule has 1 atom stereocenters. The largest absolute Gasteiger partial charge is 0.307 e. The molecule has 64 valence electrons. The van der Waals surface area contributed by atoms with Crippen LogP contribution in [0.1, 0.15) is 5.69 Å². The fourth-order valence-electron chi connectivity index (χ4n) is 0.827. The van der Waals surface area contributed by atoms with Gasteiger partial charge in [0.15, 0.2) is 0 Å². The zero-order valence-electron chi connectivity index (χ0n) is 6.45. The van der Waals surface area contributed by atoms with Crippen LogP contribution in [0.3, 0.4) is 0 Å². The second-order valence-corrected chi connectivity index (χ2v) is 3.70. The molecule has 0 aromatic carbocycles. The molecule has 0 amide bonds. The van der Waals surface area contributed by atoms with Gasteiger partial charge in [0, 0.05) is 11.1 Å². The molecule has 1 rings (SSSR count). The average Bonchev–Trinajstić information content (AvgIpc) is 2.35. The van der Waals surface area contributed by atoms with E-state index in [0.29, 0.717) is 0 Å². The van der Waals surface area contributed by atoms with Gasteiger partial charge in [0.2, 0.25) is 0 Å². The molecule has 1 unspecified atom stereocenters. The smallest absolute Gasteiger partial charge is 0.301 e. The first-order valence-corrected chi connectivity index (χ1v) is 4.65.